The van der Waals surface area contributed by atoms with Crippen molar-refractivity contribution < 1.29 is 62.7 Å². The van der Waals surface area contributed by atoms with Crippen LogP contribution in [0.5, 0.6) is 0 Å². The third kappa shape index (κ3) is 45.1. The van der Waals surface area contributed by atoms with Crippen LogP contribution in [0.4, 0.5) is 0 Å². The molecular weight excluding hydrogens is 827 g/mol. The van der Waals surface area contributed by atoms with Crippen molar-refractivity contribution in [1.82, 2.24) is 16.0 Å². The van der Waals surface area contributed by atoms with E-state index in [-0.39, 0.29) is 49.2 Å². The minimum atomic E-state index is -0.966. The molecule has 374 valence electrons. The molecule has 3 amide bonds. The lowest BCUT2D eigenvalue weighted by Crippen LogP contribution is -2.40. The molecule has 0 aliphatic carbocycles. The van der Waals surface area contributed by atoms with E-state index in [9.17, 15) is 33.6 Å². The van der Waals surface area contributed by atoms with Gasteiger partial charge in [0.05, 0.1) is 33.0 Å². The Balaban J connectivity index is 0. The average molecular weight is 916 g/mol. The summed E-state index contributed by atoms with van der Waals surface area (Å²) in [5, 5.41) is 25.5. The highest BCUT2D eigenvalue weighted by Gasteiger charge is 2.17. The number of ketones is 2. The van der Waals surface area contributed by atoms with E-state index < -0.39 is 18.0 Å². The Bertz CT molecular complexity index is 1200. The largest absolute Gasteiger partial charge is 0.481 e. The molecule has 5 N–H and O–H groups in total. The molecule has 0 saturated carbocycles. The quantitative estimate of drug-likeness (QED) is 0.0373. The first kappa shape index (κ1) is 62.6. The fourth-order valence-electron chi connectivity index (χ4n) is 6.60. The molecular formula is C48H89N3O13. The smallest absolute Gasteiger partial charge is 0.326 e. The van der Waals surface area contributed by atoms with Crippen LogP contribution in [-0.2, 0) is 52.5 Å². The number of carboxylic acid groups (broad SMARTS) is 2. The van der Waals surface area contributed by atoms with Crippen LogP contribution in [0.25, 0.3) is 0 Å². The zero-order valence-electron chi connectivity index (χ0n) is 40.3. The summed E-state index contributed by atoms with van der Waals surface area (Å²) in [6.45, 7) is 10.5. The number of hydrogen-bond donors (Lipinski definition) is 5. The first-order chi connectivity index (χ1) is 30.9. The second-order valence-corrected chi connectivity index (χ2v) is 16.2. The van der Waals surface area contributed by atoms with E-state index in [0.717, 1.165) is 64.2 Å². The Morgan fingerprint density at radius 2 is 0.938 bits per heavy atom. The van der Waals surface area contributed by atoms with Crippen molar-refractivity contribution >= 4 is 41.2 Å². The fraction of sp³-hybridized carbons (Fsp3) is 0.854. The molecule has 0 saturated heterocycles. The third-order valence-corrected chi connectivity index (χ3v) is 10.6. The Kier molecular flexibility index (Phi) is 46.5. The van der Waals surface area contributed by atoms with Crippen molar-refractivity contribution in [3.05, 3.63) is 0 Å². The molecule has 0 aromatic carbocycles. The highest BCUT2D eigenvalue weighted by Crippen LogP contribution is 2.16. The lowest BCUT2D eigenvalue weighted by Gasteiger charge is -2.12. The molecule has 64 heavy (non-hydrogen) atoms. The van der Waals surface area contributed by atoms with E-state index in [4.69, 9.17) is 29.2 Å². The van der Waals surface area contributed by atoms with Gasteiger partial charge in [-0.15, -0.1) is 0 Å². The maximum absolute atomic E-state index is 11.8. The van der Waals surface area contributed by atoms with Crippen LogP contribution in [0.15, 0.2) is 0 Å². The molecule has 0 unspecified atom stereocenters. The highest BCUT2D eigenvalue weighted by molar-refractivity contribution is 5.83. The molecule has 0 rings (SSSR count). The Labute approximate surface area is 385 Å². The van der Waals surface area contributed by atoms with E-state index in [2.05, 4.69) is 16.0 Å². The standard InChI is InChI=1S/C26H48N2O8.C22H41NO5/c1-4-22(24(30)6-3)10-7-8-12-27-25(31)20-36-19-17-34-15-13-28-26(32)21-35-18-16-33-14-9-11-23(29)5-2;1-2-19(22(27)28)23-20(24)17-15-13-11-9-7-5-3-4-6-8-10-12-14-16-18-21(25)26/h22H,4-21H2,1-3H3,(H,27,31)(H,28,32);19H,2-18H2,1H3,(H,23,24)(H,25,26)(H,27,28)/t22-;19-/m00/s1. The fourth-order valence-corrected chi connectivity index (χ4v) is 6.60. The summed E-state index contributed by atoms with van der Waals surface area (Å²) in [6.07, 6.45) is 23.1. The summed E-state index contributed by atoms with van der Waals surface area (Å²) >= 11 is 0. The minimum absolute atomic E-state index is 0.0239. The van der Waals surface area contributed by atoms with Crippen LogP contribution in [0.1, 0.15) is 188 Å². The van der Waals surface area contributed by atoms with Crippen LogP contribution in [0.3, 0.4) is 0 Å². The molecule has 0 aliphatic rings. The molecule has 0 aliphatic heterocycles. The van der Waals surface area contributed by atoms with Crippen LogP contribution in [0.2, 0.25) is 0 Å². The van der Waals surface area contributed by atoms with Crippen molar-refractivity contribution in [2.45, 2.75) is 194 Å². The van der Waals surface area contributed by atoms with Gasteiger partial charge in [0.2, 0.25) is 17.7 Å². The van der Waals surface area contributed by atoms with Gasteiger partial charge in [0.1, 0.15) is 30.8 Å². The first-order valence-electron chi connectivity index (χ1n) is 24.5. The van der Waals surface area contributed by atoms with E-state index >= 15 is 0 Å². The summed E-state index contributed by atoms with van der Waals surface area (Å²) in [4.78, 5) is 79.3. The second kappa shape index (κ2) is 47.5. The van der Waals surface area contributed by atoms with Crippen LogP contribution in [-0.4, -0.2) is 123 Å². The van der Waals surface area contributed by atoms with Gasteiger partial charge in [0.25, 0.3) is 0 Å². The number of aliphatic carboxylic acids is 2. The lowest BCUT2D eigenvalue weighted by molar-refractivity contribution is -0.142. The summed E-state index contributed by atoms with van der Waals surface area (Å²) in [7, 11) is 0. The van der Waals surface area contributed by atoms with Crippen LogP contribution >= 0.6 is 0 Å². The van der Waals surface area contributed by atoms with Gasteiger partial charge in [-0.05, 0) is 44.9 Å². The lowest BCUT2D eigenvalue weighted by atomic mass is 9.93. The van der Waals surface area contributed by atoms with E-state index in [0.29, 0.717) is 96.9 Å². The number of unbranched alkanes of at least 4 members (excludes halogenated alkanes) is 14. The topological polar surface area (TPSA) is 233 Å². The first-order valence-corrected chi connectivity index (χ1v) is 24.5. The molecule has 0 aromatic rings. The van der Waals surface area contributed by atoms with Crippen molar-refractivity contribution in [3.8, 4) is 0 Å². The number of carboxylic acids is 2. The zero-order chi connectivity index (χ0) is 47.9. The minimum Gasteiger partial charge on any atom is -0.481 e. The monoisotopic (exact) mass is 916 g/mol. The maximum Gasteiger partial charge on any atom is 0.326 e. The van der Waals surface area contributed by atoms with Crippen molar-refractivity contribution in [3.63, 3.8) is 0 Å². The number of amides is 3. The Morgan fingerprint density at radius 3 is 1.41 bits per heavy atom. The summed E-state index contributed by atoms with van der Waals surface area (Å²) in [5.41, 5.74) is 0. The molecule has 16 heteroatoms. The van der Waals surface area contributed by atoms with Crippen molar-refractivity contribution in [1.29, 1.82) is 0 Å². The third-order valence-electron chi connectivity index (χ3n) is 10.6. The number of ether oxygens (including phenoxy) is 4. The average Bonchev–Trinajstić information content (AvgIpc) is 3.27. The molecule has 2 atom stereocenters. The molecule has 0 radical (unpaired) electrons. The van der Waals surface area contributed by atoms with Crippen molar-refractivity contribution in [2.24, 2.45) is 5.92 Å². The van der Waals surface area contributed by atoms with Gasteiger partial charge in [-0.2, -0.15) is 0 Å². The molecule has 0 spiro atoms. The van der Waals surface area contributed by atoms with Gasteiger partial charge in [-0.1, -0.05) is 111 Å². The number of carbonyl (C=O) groups is 7. The van der Waals surface area contributed by atoms with Gasteiger partial charge in [0.15, 0.2) is 0 Å². The molecule has 16 nitrogen and oxygen atoms in total. The van der Waals surface area contributed by atoms with Gasteiger partial charge >= 0.3 is 11.9 Å². The SMILES string of the molecule is CCC(=O)CCCOCCOCC(=O)NCCOCCOCC(=O)NCCCC[C@H](CC)C(=O)CC.CC[C@H](NC(=O)CCCCCCCCCCCCCCCCC(=O)O)C(=O)O. The van der Waals surface area contributed by atoms with Crippen LogP contribution in [0, 0.1) is 5.92 Å². The molecule has 0 aromatic heterocycles. The van der Waals surface area contributed by atoms with Gasteiger partial charge < -0.3 is 45.1 Å². The summed E-state index contributed by atoms with van der Waals surface area (Å²) in [5.74, 6) is -1.52. The molecule has 0 bridgehead atoms. The summed E-state index contributed by atoms with van der Waals surface area (Å²) < 4.78 is 21.2. The second-order valence-electron chi connectivity index (χ2n) is 16.2. The van der Waals surface area contributed by atoms with Gasteiger partial charge in [0, 0.05) is 57.7 Å². The number of nitrogens with one attached hydrogen (secondary N) is 3. The van der Waals surface area contributed by atoms with Gasteiger partial charge in [-0.25, -0.2) is 4.79 Å². The number of rotatable bonds is 46. The van der Waals surface area contributed by atoms with Crippen LogP contribution < -0.4 is 16.0 Å². The number of carbonyl (C=O) groups excluding carboxylic acids is 5. The number of Topliss-reactive ketones (excluding diaryl/α,β-unsaturated/α-hetero) is 2. The van der Waals surface area contributed by atoms with E-state index in [1.165, 1.54) is 51.4 Å². The Hall–Kier alpha value is -3.47. The van der Waals surface area contributed by atoms with E-state index in [1.54, 1.807) is 6.92 Å². The highest BCUT2D eigenvalue weighted by atomic mass is 16.5. The zero-order valence-corrected chi connectivity index (χ0v) is 40.3. The number of hydrogen-bond acceptors (Lipinski definition) is 11. The van der Waals surface area contributed by atoms with Crippen molar-refractivity contribution in [2.75, 3.05) is 65.9 Å². The summed E-state index contributed by atoms with van der Waals surface area (Å²) in [6, 6.07) is -0.760. The predicted octanol–water partition coefficient (Wildman–Crippen LogP) is 7.51. The Morgan fingerprint density at radius 1 is 0.453 bits per heavy atom. The normalized spacial score (nSPS) is 11.8. The van der Waals surface area contributed by atoms with E-state index in [1.807, 2.05) is 20.8 Å². The predicted molar refractivity (Wildman–Crippen MR) is 248 cm³/mol. The molecule has 0 fully saturated rings. The molecule has 0 heterocycles. The maximum atomic E-state index is 11.8. The van der Waals surface area contributed by atoms with Gasteiger partial charge in [-0.3, -0.25) is 28.8 Å².